The molecular formula is C29H40N6O. The minimum atomic E-state index is 0.119. The van der Waals surface area contributed by atoms with Gasteiger partial charge < -0.3 is 15.1 Å². The molecule has 2 unspecified atom stereocenters. The maximum Gasteiger partial charge on any atom is 0.246 e. The van der Waals surface area contributed by atoms with Crippen LogP contribution in [0.1, 0.15) is 56.9 Å². The van der Waals surface area contributed by atoms with Crippen LogP contribution in [0.3, 0.4) is 0 Å². The number of rotatable bonds is 6. The molecule has 0 spiro atoms. The number of likely N-dealkylation sites (tertiary alicyclic amines) is 2. The molecule has 1 amide bonds. The molecule has 7 nitrogen and oxygen atoms in total. The van der Waals surface area contributed by atoms with Gasteiger partial charge in [-0.15, -0.1) is 0 Å². The number of benzene rings is 1. The summed E-state index contributed by atoms with van der Waals surface area (Å²) in [4.78, 5) is 29.3. The van der Waals surface area contributed by atoms with Gasteiger partial charge in [0, 0.05) is 57.1 Å². The summed E-state index contributed by atoms with van der Waals surface area (Å²) in [5, 5.41) is 3.64. The van der Waals surface area contributed by atoms with Crippen LogP contribution in [-0.4, -0.2) is 77.0 Å². The first-order chi connectivity index (χ1) is 17.7. The Labute approximate surface area is 215 Å². The second-order valence-corrected chi connectivity index (χ2v) is 10.4. The monoisotopic (exact) mass is 488 g/mol. The third-order valence-corrected chi connectivity index (χ3v) is 7.80. The lowest BCUT2D eigenvalue weighted by atomic mass is 9.98. The van der Waals surface area contributed by atoms with Crippen molar-refractivity contribution in [3.8, 4) is 0 Å². The van der Waals surface area contributed by atoms with Gasteiger partial charge in [-0.1, -0.05) is 43.2 Å². The van der Waals surface area contributed by atoms with Crippen molar-refractivity contribution in [2.24, 2.45) is 0 Å². The van der Waals surface area contributed by atoms with E-state index >= 15 is 0 Å². The summed E-state index contributed by atoms with van der Waals surface area (Å²) in [7, 11) is 0. The van der Waals surface area contributed by atoms with E-state index < -0.39 is 0 Å². The Balaban J connectivity index is 1.16. The van der Waals surface area contributed by atoms with Crippen molar-refractivity contribution >= 4 is 23.7 Å². The minimum Gasteiger partial charge on any atom is -0.356 e. The number of hydrogen-bond donors (Lipinski definition) is 1. The highest BCUT2D eigenvalue weighted by Crippen LogP contribution is 2.23. The van der Waals surface area contributed by atoms with Crippen LogP contribution in [0.15, 0.2) is 48.7 Å². The fourth-order valence-electron chi connectivity index (χ4n) is 5.82. The van der Waals surface area contributed by atoms with Crippen molar-refractivity contribution in [1.29, 1.82) is 0 Å². The summed E-state index contributed by atoms with van der Waals surface area (Å²) in [6, 6.07) is 12.8. The topological polar surface area (TPSA) is 64.6 Å². The normalized spacial score (nSPS) is 24.0. The number of piperidine rings is 2. The van der Waals surface area contributed by atoms with E-state index in [9.17, 15) is 4.79 Å². The van der Waals surface area contributed by atoms with E-state index in [0.717, 1.165) is 82.3 Å². The third kappa shape index (κ3) is 6.64. The Morgan fingerprint density at radius 2 is 1.69 bits per heavy atom. The molecule has 2 atom stereocenters. The van der Waals surface area contributed by atoms with Crippen LogP contribution in [0.25, 0.3) is 6.08 Å². The fourth-order valence-corrected chi connectivity index (χ4v) is 5.82. The first kappa shape index (κ1) is 24.8. The number of nitrogens with zero attached hydrogens (tertiary/aromatic N) is 5. The zero-order valence-electron chi connectivity index (χ0n) is 21.4. The van der Waals surface area contributed by atoms with E-state index in [1.165, 1.54) is 25.7 Å². The van der Waals surface area contributed by atoms with Crippen molar-refractivity contribution in [3.05, 3.63) is 54.2 Å². The molecule has 0 bridgehead atoms. The number of aromatic nitrogens is 2. The summed E-state index contributed by atoms with van der Waals surface area (Å²) >= 11 is 0. The Bertz CT molecular complexity index is 1000. The molecule has 192 valence electrons. The summed E-state index contributed by atoms with van der Waals surface area (Å²) in [5.74, 6) is 1.91. The van der Waals surface area contributed by atoms with Gasteiger partial charge in [-0.25, -0.2) is 4.98 Å². The van der Waals surface area contributed by atoms with Gasteiger partial charge in [0.2, 0.25) is 11.9 Å². The molecule has 3 aliphatic rings. The molecule has 5 rings (SSSR count). The Morgan fingerprint density at radius 1 is 0.889 bits per heavy atom. The van der Waals surface area contributed by atoms with Gasteiger partial charge in [0.05, 0.1) is 0 Å². The minimum absolute atomic E-state index is 0.119. The molecule has 7 heteroatoms. The van der Waals surface area contributed by atoms with Gasteiger partial charge in [-0.3, -0.25) is 9.69 Å². The molecule has 1 N–H and O–H groups in total. The lowest BCUT2D eigenvalue weighted by Gasteiger charge is -2.43. The van der Waals surface area contributed by atoms with Gasteiger partial charge >= 0.3 is 0 Å². The maximum atomic E-state index is 12.9. The van der Waals surface area contributed by atoms with Crippen LogP contribution < -0.4 is 10.2 Å². The molecule has 4 heterocycles. The third-order valence-electron chi connectivity index (χ3n) is 7.80. The Hall–Kier alpha value is -2.93. The van der Waals surface area contributed by atoms with E-state index in [1.807, 2.05) is 53.6 Å². The molecule has 3 fully saturated rings. The molecular weight excluding hydrogens is 448 g/mol. The first-order valence-electron chi connectivity index (χ1n) is 13.9. The number of amides is 1. The van der Waals surface area contributed by atoms with E-state index in [1.54, 1.807) is 6.08 Å². The average molecular weight is 489 g/mol. The summed E-state index contributed by atoms with van der Waals surface area (Å²) in [6.07, 6.45) is 15.2. The van der Waals surface area contributed by atoms with Gasteiger partial charge in [0.15, 0.2) is 0 Å². The molecule has 36 heavy (non-hydrogen) atoms. The largest absolute Gasteiger partial charge is 0.356 e. The SMILES string of the molecule is O=C(/C=C/c1ccccc1)N1CCCC(N2CCCC(Nc3nccc(N4CCCCCC4)n3)C2)C1. The predicted molar refractivity (Wildman–Crippen MR) is 146 cm³/mol. The summed E-state index contributed by atoms with van der Waals surface area (Å²) < 4.78 is 0. The number of carbonyl (C=O) groups excluding carboxylic acids is 1. The summed E-state index contributed by atoms with van der Waals surface area (Å²) in [5.41, 5.74) is 1.06. The van der Waals surface area contributed by atoms with Crippen molar-refractivity contribution in [1.82, 2.24) is 19.8 Å². The molecule has 2 aromatic rings. The lowest BCUT2D eigenvalue weighted by molar-refractivity contribution is -0.128. The highest BCUT2D eigenvalue weighted by molar-refractivity contribution is 5.91. The van der Waals surface area contributed by atoms with Crippen molar-refractivity contribution in [2.75, 3.05) is 49.5 Å². The molecule has 1 aromatic heterocycles. The fraction of sp³-hybridized carbons (Fsp3) is 0.552. The van der Waals surface area contributed by atoms with Crippen LogP contribution >= 0.6 is 0 Å². The number of hydrogen-bond acceptors (Lipinski definition) is 6. The van der Waals surface area contributed by atoms with Crippen LogP contribution in [0.5, 0.6) is 0 Å². The quantitative estimate of drug-likeness (QED) is 0.607. The second kappa shape index (κ2) is 12.3. The molecule has 1 aromatic carbocycles. The standard InChI is InChI=1S/C29H40N6O/c36-28(15-14-24-10-4-3-5-11-24)35-21-9-13-26(23-35)34-20-8-12-25(22-34)31-29-30-17-16-27(32-29)33-18-6-1-2-7-19-33/h3-5,10-11,14-17,25-26H,1-2,6-9,12-13,18-23H2,(H,30,31,32)/b15-14+. The van der Waals surface area contributed by atoms with Gasteiger partial charge in [-0.05, 0) is 62.8 Å². The van der Waals surface area contributed by atoms with Crippen molar-refractivity contribution < 1.29 is 4.79 Å². The van der Waals surface area contributed by atoms with Crippen molar-refractivity contribution in [2.45, 2.75) is 63.5 Å². The second-order valence-electron chi connectivity index (χ2n) is 10.4. The molecule has 0 radical (unpaired) electrons. The zero-order valence-corrected chi connectivity index (χ0v) is 21.4. The number of anilines is 2. The van der Waals surface area contributed by atoms with E-state index in [-0.39, 0.29) is 5.91 Å². The molecule has 0 saturated carbocycles. The number of carbonyl (C=O) groups is 1. The smallest absolute Gasteiger partial charge is 0.246 e. The van der Waals surface area contributed by atoms with E-state index in [2.05, 4.69) is 20.1 Å². The highest BCUT2D eigenvalue weighted by atomic mass is 16.2. The average Bonchev–Trinajstić information content (AvgIpc) is 3.23. The van der Waals surface area contributed by atoms with Crippen molar-refractivity contribution in [3.63, 3.8) is 0 Å². The maximum absolute atomic E-state index is 12.9. The Kier molecular flexibility index (Phi) is 8.49. The zero-order chi connectivity index (χ0) is 24.6. The molecule has 3 aliphatic heterocycles. The number of nitrogens with one attached hydrogen (secondary N) is 1. The van der Waals surface area contributed by atoms with Gasteiger partial charge in [0.1, 0.15) is 5.82 Å². The van der Waals surface area contributed by atoms with Crippen LogP contribution in [0.4, 0.5) is 11.8 Å². The Morgan fingerprint density at radius 3 is 2.53 bits per heavy atom. The van der Waals surface area contributed by atoms with E-state index in [0.29, 0.717) is 12.1 Å². The van der Waals surface area contributed by atoms with Crippen LogP contribution in [-0.2, 0) is 4.79 Å². The summed E-state index contributed by atoms with van der Waals surface area (Å²) in [6.45, 7) is 5.91. The van der Waals surface area contributed by atoms with Gasteiger partial charge in [-0.2, -0.15) is 4.98 Å². The molecule has 0 aliphatic carbocycles. The predicted octanol–water partition coefficient (Wildman–Crippen LogP) is 4.44. The van der Waals surface area contributed by atoms with Gasteiger partial charge in [0.25, 0.3) is 0 Å². The van der Waals surface area contributed by atoms with Crippen LogP contribution in [0, 0.1) is 0 Å². The lowest BCUT2D eigenvalue weighted by Crippen LogP contribution is -2.54. The van der Waals surface area contributed by atoms with Crippen LogP contribution in [0.2, 0.25) is 0 Å². The highest BCUT2D eigenvalue weighted by Gasteiger charge is 2.31. The molecule has 3 saturated heterocycles. The first-order valence-corrected chi connectivity index (χ1v) is 13.9. The van der Waals surface area contributed by atoms with E-state index in [4.69, 9.17) is 4.98 Å².